The van der Waals surface area contributed by atoms with E-state index in [2.05, 4.69) is 11.9 Å². The fourth-order valence-electron chi connectivity index (χ4n) is 3.43. The van der Waals surface area contributed by atoms with Crippen molar-refractivity contribution in [3.63, 3.8) is 0 Å². The minimum atomic E-state index is -0.229. The van der Waals surface area contributed by atoms with Crippen molar-refractivity contribution in [1.82, 2.24) is 10.2 Å². The molecule has 1 aliphatic heterocycles. The lowest BCUT2D eigenvalue weighted by Crippen LogP contribution is -2.49. The van der Waals surface area contributed by atoms with Gasteiger partial charge in [-0.2, -0.15) is 0 Å². The average molecular weight is 280 g/mol. The van der Waals surface area contributed by atoms with E-state index in [4.69, 9.17) is 4.74 Å². The molecule has 1 heterocycles. The van der Waals surface area contributed by atoms with Gasteiger partial charge in [0.05, 0.1) is 6.54 Å². The summed E-state index contributed by atoms with van der Waals surface area (Å²) in [4.78, 5) is 24.9. The smallest absolute Gasteiger partial charge is 0.246 e. The van der Waals surface area contributed by atoms with Crippen LogP contribution in [0.5, 0.6) is 0 Å². The fourth-order valence-corrected chi connectivity index (χ4v) is 3.43. The number of amides is 2. The molecule has 5 nitrogen and oxygen atoms in total. The average Bonchev–Trinajstić information content (AvgIpc) is 2.81. The van der Waals surface area contributed by atoms with Gasteiger partial charge < -0.3 is 15.0 Å². The molecule has 1 aliphatic carbocycles. The molecule has 2 rings (SSSR count). The molecule has 0 aromatic carbocycles. The van der Waals surface area contributed by atoms with Gasteiger partial charge in [-0.25, -0.2) is 0 Å². The van der Waals surface area contributed by atoms with Crippen LogP contribution in [0, 0.1) is 5.41 Å². The summed E-state index contributed by atoms with van der Waals surface area (Å²) in [6, 6.07) is 0.228. The van der Waals surface area contributed by atoms with Gasteiger partial charge in [0.1, 0.15) is 0 Å². The minimum Gasteiger partial charge on any atom is -0.381 e. The Labute approximate surface area is 120 Å². The van der Waals surface area contributed by atoms with E-state index in [1.54, 1.807) is 7.05 Å². The van der Waals surface area contributed by atoms with E-state index in [0.29, 0.717) is 0 Å². The summed E-state index contributed by atoms with van der Waals surface area (Å²) in [5, 5.41) is 3.13. The lowest BCUT2D eigenvalue weighted by molar-refractivity contribution is -0.132. The highest BCUT2D eigenvalue weighted by molar-refractivity contribution is 5.90. The summed E-state index contributed by atoms with van der Waals surface area (Å²) in [5.41, 5.74) is 0.217. The van der Waals surface area contributed by atoms with E-state index < -0.39 is 0 Å². The number of carbonyl (C=O) groups excluding carboxylic acids is 2. The van der Waals surface area contributed by atoms with Crippen molar-refractivity contribution in [3.05, 3.63) is 12.7 Å². The molecule has 1 unspecified atom stereocenters. The molecule has 1 saturated heterocycles. The summed E-state index contributed by atoms with van der Waals surface area (Å²) in [6.07, 6.45) is 6.64. The van der Waals surface area contributed by atoms with Crippen molar-refractivity contribution < 1.29 is 14.3 Å². The first kappa shape index (κ1) is 15.0. The third-order valence-corrected chi connectivity index (χ3v) is 4.66. The molecule has 1 spiro atoms. The maximum Gasteiger partial charge on any atom is 0.246 e. The molecule has 1 N–H and O–H groups in total. The zero-order chi connectivity index (χ0) is 14.6. The number of likely N-dealkylation sites (N-methyl/N-ethyl adjacent to an activating group) is 1. The van der Waals surface area contributed by atoms with E-state index in [1.807, 2.05) is 0 Å². The predicted octanol–water partition coefficient (Wildman–Crippen LogP) is 1.10. The van der Waals surface area contributed by atoms with Crippen LogP contribution in [-0.4, -0.2) is 49.6 Å². The standard InChI is InChI=1S/C15H24N2O3/c1-3-14(19)17(2)11-13(18)16-12-5-4-6-15(12)7-9-20-10-8-15/h3,12H,1,4-11H2,2H3,(H,16,18). The Bertz CT molecular complexity index is 389. The van der Waals surface area contributed by atoms with Gasteiger partial charge >= 0.3 is 0 Å². The van der Waals surface area contributed by atoms with Gasteiger partial charge in [0.25, 0.3) is 0 Å². The van der Waals surface area contributed by atoms with Crippen molar-refractivity contribution in [3.8, 4) is 0 Å². The van der Waals surface area contributed by atoms with Crippen LogP contribution in [0.25, 0.3) is 0 Å². The quantitative estimate of drug-likeness (QED) is 0.784. The molecule has 2 fully saturated rings. The van der Waals surface area contributed by atoms with Gasteiger partial charge in [0.2, 0.25) is 11.8 Å². The molecular weight excluding hydrogens is 256 g/mol. The van der Waals surface area contributed by atoms with Gasteiger partial charge in [-0.1, -0.05) is 13.0 Å². The van der Waals surface area contributed by atoms with Crippen molar-refractivity contribution in [2.75, 3.05) is 26.8 Å². The Morgan fingerprint density at radius 1 is 1.40 bits per heavy atom. The fraction of sp³-hybridized carbons (Fsp3) is 0.733. The number of rotatable bonds is 4. The molecule has 0 aromatic rings. The zero-order valence-electron chi connectivity index (χ0n) is 12.2. The first-order valence-electron chi connectivity index (χ1n) is 7.32. The van der Waals surface area contributed by atoms with E-state index in [1.165, 1.54) is 17.4 Å². The molecule has 0 aromatic heterocycles. The summed E-state index contributed by atoms with van der Waals surface area (Å²) >= 11 is 0. The van der Waals surface area contributed by atoms with Crippen LogP contribution in [0.15, 0.2) is 12.7 Å². The van der Waals surface area contributed by atoms with Crippen LogP contribution in [0.3, 0.4) is 0 Å². The van der Waals surface area contributed by atoms with Gasteiger partial charge in [-0.05, 0) is 37.2 Å². The number of carbonyl (C=O) groups is 2. The molecule has 1 saturated carbocycles. The minimum absolute atomic E-state index is 0.0829. The molecule has 2 amide bonds. The largest absolute Gasteiger partial charge is 0.381 e. The van der Waals surface area contributed by atoms with Crippen LogP contribution < -0.4 is 5.32 Å². The van der Waals surface area contributed by atoms with Crippen molar-refractivity contribution in [2.45, 2.75) is 38.1 Å². The second-order valence-electron chi connectivity index (χ2n) is 5.89. The van der Waals surface area contributed by atoms with E-state index in [9.17, 15) is 9.59 Å². The molecule has 1 atom stereocenters. The lowest BCUT2D eigenvalue weighted by Gasteiger charge is -2.39. The van der Waals surface area contributed by atoms with E-state index in [-0.39, 0.29) is 29.8 Å². The predicted molar refractivity (Wildman–Crippen MR) is 76.1 cm³/mol. The Morgan fingerprint density at radius 3 is 2.75 bits per heavy atom. The van der Waals surface area contributed by atoms with Crippen LogP contribution in [0.1, 0.15) is 32.1 Å². The maximum atomic E-state index is 12.1. The zero-order valence-corrected chi connectivity index (χ0v) is 12.2. The lowest BCUT2D eigenvalue weighted by atomic mass is 9.75. The topological polar surface area (TPSA) is 58.6 Å². The third-order valence-electron chi connectivity index (χ3n) is 4.66. The second-order valence-corrected chi connectivity index (χ2v) is 5.89. The number of nitrogens with zero attached hydrogens (tertiary/aromatic N) is 1. The van der Waals surface area contributed by atoms with Crippen molar-refractivity contribution >= 4 is 11.8 Å². The molecular formula is C15H24N2O3. The second kappa shape index (κ2) is 6.39. The number of hydrogen-bond donors (Lipinski definition) is 1. The number of ether oxygens (including phenoxy) is 1. The molecule has 0 bridgehead atoms. The number of nitrogens with one attached hydrogen (secondary N) is 1. The van der Waals surface area contributed by atoms with E-state index in [0.717, 1.165) is 38.9 Å². The van der Waals surface area contributed by atoms with Crippen LogP contribution in [0.2, 0.25) is 0 Å². The highest BCUT2D eigenvalue weighted by Crippen LogP contribution is 2.45. The van der Waals surface area contributed by atoms with Crippen LogP contribution >= 0.6 is 0 Å². The monoisotopic (exact) mass is 280 g/mol. The highest BCUT2D eigenvalue weighted by atomic mass is 16.5. The SMILES string of the molecule is C=CC(=O)N(C)CC(=O)NC1CCCC12CCOCC2. The highest BCUT2D eigenvalue weighted by Gasteiger charge is 2.44. The molecule has 5 heteroatoms. The normalized spacial score (nSPS) is 24.4. The van der Waals surface area contributed by atoms with Crippen molar-refractivity contribution in [1.29, 1.82) is 0 Å². The van der Waals surface area contributed by atoms with Crippen molar-refractivity contribution in [2.24, 2.45) is 5.41 Å². The molecule has 2 aliphatic rings. The van der Waals surface area contributed by atoms with Crippen LogP contribution in [0.4, 0.5) is 0 Å². The Hall–Kier alpha value is -1.36. The summed E-state index contributed by atoms with van der Waals surface area (Å²) in [6.45, 7) is 5.10. The first-order valence-corrected chi connectivity index (χ1v) is 7.32. The van der Waals surface area contributed by atoms with Gasteiger partial charge in [0, 0.05) is 26.3 Å². The first-order chi connectivity index (χ1) is 9.57. The molecule has 20 heavy (non-hydrogen) atoms. The van der Waals surface area contributed by atoms with Crippen LogP contribution in [-0.2, 0) is 14.3 Å². The summed E-state index contributed by atoms with van der Waals surface area (Å²) in [5.74, 6) is -0.312. The Balaban J connectivity index is 1.90. The molecule has 112 valence electrons. The van der Waals surface area contributed by atoms with Gasteiger partial charge in [0.15, 0.2) is 0 Å². The Morgan fingerprint density at radius 2 is 2.10 bits per heavy atom. The number of hydrogen-bond acceptors (Lipinski definition) is 3. The summed E-state index contributed by atoms with van der Waals surface area (Å²) < 4.78 is 5.44. The van der Waals surface area contributed by atoms with Gasteiger partial charge in [-0.15, -0.1) is 0 Å². The molecule has 0 radical (unpaired) electrons. The third kappa shape index (κ3) is 3.20. The summed E-state index contributed by atoms with van der Waals surface area (Å²) in [7, 11) is 1.61. The van der Waals surface area contributed by atoms with Gasteiger partial charge in [-0.3, -0.25) is 9.59 Å². The van der Waals surface area contributed by atoms with E-state index >= 15 is 0 Å². The maximum absolute atomic E-state index is 12.1. The Kier molecular flexibility index (Phi) is 4.81.